The van der Waals surface area contributed by atoms with Crippen LogP contribution < -0.4 is 5.32 Å². The van der Waals surface area contributed by atoms with Crippen LogP contribution in [0, 0.1) is 5.41 Å². The minimum atomic E-state index is -0.861. The second-order valence-corrected chi connectivity index (χ2v) is 17.3. The molecule has 0 amide bonds. The molecule has 342 valence electrons. The normalized spacial score (nSPS) is 13.3. The first-order chi connectivity index (χ1) is 28.9. The monoisotopic (exact) mass is 829 g/mol. The Morgan fingerprint density at radius 2 is 0.763 bits per heavy atom. The molecule has 0 aliphatic carbocycles. The summed E-state index contributed by atoms with van der Waals surface area (Å²) in [5, 5.41) is 3.51. The molecule has 1 fully saturated rings. The van der Waals surface area contributed by atoms with Crippen molar-refractivity contribution in [2.45, 2.75) is 213 Å². The Morgan fingerprint density at radius 1 is 0.458 bits per heavy atom. The quantitative estimate of drug-likeness (QED) is 0.0213. The van der Waals surface area contributed by atoms with E-state index in [-0.39, 0.29) is 37.7 Å². The lowest BCUT2D eigenvalue weighted by Gasteiger charge is -2.32. The molecule has 0 unspecified atom stereocenters. The summed E-state index contributed by atoms with van der Waals surface area (Å²) in [6.45, 7) is 11.1. The molecule has 0 radical (unpaired) electrons. The first-order valence-corrected chi connectivity index (χ1v) is 24.8. The van der Waals surface area contributed by atoms with Gasteiger partial charge in [-0.05, 0) is 77.0 Å². The van der Waals surface area contributed by atoms with Crippen LogP contribution in [-0.4, -0.2) is 75.4 Å². The van der Waals surface area contributed by atoms with Crippen LogP contribution in [0.15, 0.2) is 36.5 Å². The molecule has 0 aromatic rings. The zero-order valence-electron chi connectivity index (χ0n) is 38.7. The highest BCUT2D eigenvalue weighted by molar-refractivity contribution is 5.70. The lowest BCUT2D eigenvalue weighted by molar-refractivity contribution is -0.161. The molecule has 0 spiro atoms. The van der Waals surface area contributed by atoms with Crippen molar-refractivity contribution in [2.75, 3.05) is 52.5 Å². The summed E-state index contributed by atoms with van der Waals surface area (Å²) in [5.41, 5.74) is -0.861. The van der Waals surface area contributed by atoms with Gasteiger partial charge in [-0.3, -0.25) is 19.3 Å². The van der Waals surface area contributed by atoms with Crippen molar-refractivity contribution in [3.05, 3.63) is 36.5 Å². The molecule has 1 heterocycles. The highest BCUT2D eigenvalue weighted by Crippen LogP contribution is 2.22. The van der Waals surface area contributed by atoms with Crippen LogP contribution in [0.1, 0.15) is 213 Å². The average Bonchev–Trinajstić information content (AvgIpc) is 4.07. The van der Waals surface area contributed by atoms with Crippen molar-refractivity contribution in [3.63, 3.8) is 0 Å². The number of rotatable bonds is 44. The molecule has 0 atom stereocenters. The van der Waals surface area contributed by atoms with Crippen molar-refractivity contribution in [1.82, 2.24) is 10.2 Å². The first-order valence-electron chi connectivity index (χ1n) is 24.8. The highest BCUT2D eigenvalue weighted by atomic mass is 16.6. The molecule has 0 aromatic heterocycles. The van der Waals surface area contributed by atoms with Crippen molar-refractivity contribution < 1.29 is 28.6 Å². The van der Waals surface area contributed by atoms with Gasteiger partial charge in [0.25, 0.3) is 0 Å². The van der Waals surface area contributed by atoms with Crippen LogP contribution in [0.3, 0.4) is 0 Å². The van der Waals surface area contributed by atoms with Crippen molar-refractivity contribution >= 4 is 17.9 Å². The summed E-state index contributed by atoms with van der Waals surface area (Å²) in [6.07, 6.45) is 45.1. The molecule has 8 nitrogen and oxygen atoms in total. The molecule has 1 N–H and O–H groups in total. The number of carbonyl (C=O) groups excluding carboxylic acids is 3. The largest absolute Gasteiger partial charge is 0.465 e. The van der Waals surface area contributed by atoms with Crippen LogP contribution in [0.4, 0.5) is 0 Å². The number of allylic oxidation sites excluding steroid dienone is 6. The van der Waals surface area contributed by atoms with Gasteiger partial charge in [-0.2, -0.15) is 0 Å². The van der Waals surface area contributed by atoms with Gasteiger partial charge in [-0.25, -0.2) is 0 Å². The van der Waals surface area contributed by atoms with Crippen LogP contribution in [0.2, 0.25) is 0 Å². The molecule has 59 heavy (non-hydrogen) atoms. The Balaban J connectivity index is 2.67. The van der Waals surface area contributed by atoms with Gasteiger partial charge >= 0.3 is 17.9 Å². The second kappa shape index (κ2) is 40.9. The summed E-state index contributed by atoms with van der Waals surface area (Å²) >= 11 is 0. The number of carbonyl (C=O) groups is 3. The van der Waals surface area contributed by atoms with Gasteiger partial charge in [0.1, 0.15) is 19.8 Å². The smallest absolute Gasteiger partial charge is 0.305 e. The summed E-state index contributed by atoms with van der Waals surface area (Å²) < 4.78 is 17.7. The minimum Gasteiger partial charge on any atom is -0.465 e. The number of nitrogens with zero attached hydrogens (tertiary/aromatic N) is 1. The van der Waals surface area contributed by atoms with E-state index >= 15 is 0 Å². The zero-order valence-corrected chi connectivity index (χ0v) is 38.7. The molecule has 1 aliphatic rings. The average molecular weight is 829 g/mol. The zero-order chi connectivity index (χ0) is 42.8. The van der Waals surface area contributed by atoms with Crippen LogP contribution in [-0.2, 0) is 28.6 Å². The van der Waals surface area contributed by atoms with E-state index in [2.05, 4.69) is 67.4 Å². The fraction of sp³-hybridized carbons (Fsp3) is 0.824. The van der Waals surface area contributed by atoms with E-state index in [1.165, 1.54) is 96.3 Å². The Bertz CT molecular complexity index is 967. The third-order valence-electron chi connectivity index (χ3n) is 11.2. The van der Waals surface area contributed by atoms with Crippen LogP contribution in [0.5, 0.6) is 0 Å². The highest BCUT2D eigenvalue weighted by Gasteiger charge is 2.36. The SMILES string of the molecule is CCCC/C=C\CCCCCCCC(=O)OCC(CNCCN1CC1)(COC(=O)CCCCCCC/C=C\CCCC)COC(=O)CCCCCCC/C=C\CCCC. The topological polar surface area (TPSA) is 93.9 Å². The molecule has 8 heteroatoms. The second-order valence-electron chi connectivity index (χ2n) is 17.3. The van der Waals surface area contributed by atoms with Crippen LogP contribution in [0.25, 0.3) is 0 Å². The number of hydrogen-bond donors (Lipinski definition) is 1. The molecule has 0 aromatic carbocycles. The molecule has 1 rings (SSSR count). The summed E-state index contributed by atoms with van der Waals surface area (Å²) in [7, 11) is 0. The standard InChI is InChI=1S/C51H92N2O6/c1-4-7-10-13-16-19-22-25-28-31-34-37-48(54)57-45-51(44-52-40-41-53-42-43-53,46-58-49(55)38-35-32-29-26-23-20-17-14-11-8-5-2)47-59-50(56)39-36-33-30-27-24-21-18-15-12-9-6-3/h13-18,52H,4-12,19-47H2,1-3H3/b16-13-,17-14-,18-15-. The van der Waals surface area contributed by atoms with E-state index < -0.39 is 5.41 Å². The van der Waals surface area contributed by atoms with Gasteiger partial charge in [0.05, 0.1) is 5.41 Å². The number of esters is 3. The lowest BCUT2D eigenvalue weighted by atomic mass is 9.90. The number of hydrogen-bond acceptors (Lipinski definition) is 8. The van der Waals surface area contributed by atoms with E-state index in [0.29, 0.717) is 25.8 Å². The predicted octanol–water partition coefficient (Wildman–Crippen LogP) is 12.9. The molecule has 0 bridgehead atoms. The van der Waals surface area contributed by atoms with Gasteiger partial charge < -0.3 is 19.5 Å². The van der Waals surface area contributed by atoms with E-state index in [0.717, 1.165) is 103 Å². The van der Waals surface area contributed by atoms with E-state index in [4.69, 9.17) is 14.2 Å². The Hall–Kier alpha value is -2.45. The number of unbranched alkanes of at least 4 members (excludes halogenated alkanes) is 21. The third-order valence-corrected chi connectivity index (χ3v) is 11.2. The Kier molecular flexibility index (Phi) is 37.9. The summed E-state index contributed by atoms with van der Waals surface area (Å²) in [5.74, 6) is -0.742. The predicted molar refractivity (Wildman–Crippen MR) is 248 cm³/mol. The van der Waals surface area contributed by atoms with Crippen LogP contribution >= 0.6 is 0 Å². The van der Waals surface area contributed by atoms with E-state index in [1.807, 2.05) is 0 Å². The van der Waals surface area contributed by atoms with E-state index in [9.17, 15) is 14.4 Å². The molecule has 1 saturated heterocycles. The molecule has 1 aliphatic heterocycles. The first kappa shape index (κ1) is 54.6. The fourth-order valence-electron chi connectivity index (χ4n) is 6.94. The van der Waals surface area contributed by atoms with Gasteiger partial charge in [-0.1, -0.05) is 154 Å². The van der Waals surface area contributed by atoms with Crippen molar-refractivity contribution in [2.24, 2.45) is 5.41 Å². The minimum absolute atomic E-state index is 0.0350. The third kappa shape index (κ3) is 37.1. The summed E-state index contributed by atoms with van der Waals surface area (Å²) in [4.78, 5) is 41.4. The van der Waals surface area contributed by atoms with Gasteiger partial charge in [0.2, 0.25) is 0 Å². The number of ether oxygens (including phenoxy) is 3. The van der Waals surface area contributed by atoms with Gasteiger partial charge in [0, 0.05) is 52.0 Å². The van der Waals surface area contributed by atoms with Gasteiger partial charge in [0.15, 0.2) is 0 Å². The lowest BCUT2D eigenvalue weighted by Crippen LogP contribution is -2.47. The molecule has 0 saturated carbocycles. The van der Waals surface area contributed by atoms with Crippen molar-refractivity contribution in [3.8, 4) is 0 Å². The Morgan fingerprint density at radius 3 is 1.08 bits per heavy atom. The number of nitrogens with one attached hydrogen (secondary N) is 1. The van der Waals surface area contributed by atoms with Crippen molar-refractivity contribution in [1.29, 1.82) is 0 Å². The molecular weight excluding hydrogens is 737 g/mol. The molecular formula is C51H92N2O6. The fourth-order valence-corrected chi connectivity index (χ4v) is 6.94. The Labute approximate surface area is 363 Å². The maximum Gasteiger partial charge on any atom is 0.305 e. The van der Waals surface area contributed by atoms with E-state index in [1.54, 1.807) is 0 Å². The van der Waals surface area contributed by atoms with Gasteiger partial charge in [-0.15, -0.1) is 0 Å². The summed E-state index contributed by atoms with van der Waals surface area (Å²) in [6, 6.07) is 0. The maximum atomic E-state index is 13.0. The maximum absolute atomic E-state index is 13.0.